The summed E-state index contributed by atoms with van der Waals surface area (Å²) in [6.45, 7) is 0.270. The molecule has 2 amide bonds. The third kappa shape index (κ3) is 5.27. The first-order valence-corrected chi connectivity index (χ1v) is 8.71. The van der Waals surface area contributed by atoms with E-state index in [1.54, 1.807) is 42.5 Å². The summed E-state index contributed by atoms with van der Waals surface area (Å²) in [4.78, 5) is 34.2. The van der Waals surface area contributed by atoms with Crippen LogP contribution in [-0.2, 0) is 9.59 Å². The molecule has 0 unspecified atom stereocenters. The van der Waals surface area contributed by atoms with Crippen LogP contribution in [0.5, 0.6) is 0 Å². The summed E-state index contributed by atoms with van der Waals surface area (Å²) in [6, 6.07) is 13.2. The van der Waals surface area contributed by atoms with E-state index in [0.717, 1.165) is 12.8 Å². The molecule has 140 valence electrons. The van der Waals surface area contributed by atoms with Gasteiger partial charge >= 0.3 is 0 Å². The van der Waals surface area contributed by atoms with E-state index in [1.807, 2.05) is 0 Å². The number of carbonyl (C=O) groups is 2. The van der Waals surface area contributed by atoms with Crippen LogP contribution in [0.1, 0.15) is 19.3 Å². The summed E-state index contributed by atoms with van der Waals surface area (Å²) in [6.07, 6.45) is 2.05. The van der Waals surface area contributed by atoms with Crippen molar-refractivity contribution in [3.8, 4) is 0 Å². The number of anilines is 3. The Morgan fingerprint density at radius 2 is 1.63 bits per heavy atom. The lowest BCUT2D eigenvalue weighted by atomic mass is 10.2. The summed E-state index contributed by atoms with van der Waals surface area (Å²) < 4.78 is 0. The van der Waals surface area contributed by atoms with Crippen LogP contribution in [0.15, 0.2) is 48.5 Å². The van der Waals surface area contributed by atoms with Gasteiger partial charge < -0.3 is 16.0 Å². The second-order valence-electron chi connectivity index (χ2n) is 6.34. The Balaban J connectivity index is 1.45. The van der Waals surface area contributed by atoms with Crippen molar-refractivity contribution >= 4 is 34.6 Å². The molecule has 0 bridgehead atoms. The highest BCUT2D eigenvalue weighted by molar-refractivity contribution is 5.95. The van der Waals surface area contributed by atoms with E-state index >= 15 is 0 Å². The van der Waals surface area contributed by atoms with E-state index in [9.17, 15) is 19.7 Å². The number of nitro benzene ring substituents is 1. The van der Waals surface area contributed by atoms with Gasteiger partial charge in [-0.25, -0.2) is 0 Å². The average molecular weight is 368 g/mol. The van der Waals surface area contributed by atoms with Crippen molar-refractivity contribution in [2.24, 2.45) is 5.92 Å². The molecule has 1 saturated carbocycles. The maximum absolute atomic E-state index is 12.0. The lowest BCUT2D eigenvalue weighted by Gasteiger charge is -2.09. The van der Waals surface area contributed by atoms with E-state index in [4.69, 9.17) is 0 Å². The summed E-state index contributed by atoms with van der Waals surface area (Å²) in [5, 5.41) is 19.5. The van der Waals surface area contributed by atoms with E-state index in [0.29, 0.717) is 17.1 Å². The summed E-state index contributed by atoms with van der Waals surface area (Å²) in [7, 11) is 0. The topological polar surface area (TPSA) is 113 Å². The van der Waals surface area contributed by atoms with Gasteiger partial charge in [-0.3, -0.25) is 19.7 Å². The molecule has 1 aliphatic rings. The fourth-order valence-corrected chi connectivity index (χ4v) is 2.54. The molecular formula is C19H20N4O4. The van der Waals surface area contributed by atoms with Gasteiger partial charge in [0, 0.05) is 36.3 Å². The fraction of sp³-hybridized carbons (Fsp3) is 0.263. The quantitative estimate of drug-likeness (QED) is 0.488. The maximum Gasteiger partial charge on any atom is 0.292 e. The predicted molar refractivity (Wildman–Crippen MR) is 103 cm³/mol. The summed E-state index contributed by atoms with van der Waals surface area (Å²) in [5.74, 6) is -0.0407. The highest BCUT2D eigenvalue weighted by Crippen LogP contribution is 2.30. The van der Waals surface area contributed by atoms with Crippen LogP contribution in [-0.4, -0.2) is 23.3 Å². The summed E-state index contributed by atoms with van der Waals surface area (Å²) in [5.41, 5.74) is 1.67. The number of nitrogens with zero attached hydrogens (tertiary/aromatic N) is 1. The van der Waals surface area contributed by atoms with Crippen molar-refractivity contribution in [1.29, 1.82) is 0 Å². The second-order valence-corrected chi connectivity index (χ2v) is 6.34. The molecule has 0 aliphatic heterocycles. The SMILES string of the molecule is O=C(CCNc1ccccc1[N+](=O)[O-])Nc1ccc(NC(=O)C2CC2)cc1. The van der Waals surface area contributed by atoms with Crippen LogP contribution in [0.3, 0.4) is 0 Å². The smallest absolute Gasteiger partial charge is 0.292 e. The molecule has 8 heteroatoms. The first-order chi connectivity index (χ1) is 13.0. The van der Waals surface area contributed by atoms with E-state index in [-0.39, 0.29) is 36.4 Å². The van der Waals surface area contributed by atoms with Crippen LogP contribution in [0.2, 0.25) is 0 Å². The van der Waals surface area contributed by atoms with Crippen molar-refractivity contribution in [3.05, 3.63) is 58.6 Å². The van der Waals surface area contributed by atoms with Crippen LogP contribution < -0.4 is 16.0 Å². The van der Waals surface area contributed by atoms with Crippen LogP contribution >= 0.6 is 0 Å². The van der Waals surface area contributed by atoms with Crippen molar-refractivity contribution < 1.29 is 14.5 Å². The molecule has 1 aliphatic carbocycles. The zero-order valence-corrected chi connectivity index (χ0v) is 14.6. The molecule has 27 heavy (non-hydrogen) atoms. The predicted octanol–water partition coefficient (Wildman–Crippen LogP) is 3.38. The van der Waals surface area contributed by atoms with Gasteiger partial charge in [-0.05, 0) is 43.2 Å². The molecule has 0 saturated heterocycles. The van der Waals surface area contributed by atoms with E-state index < -0.39 is 4.92 Å². The number of hydrogen-bond donors (Lipinski definition) is 3. The van der Waals surface area contributed by atoms with Gasteiger partial charge in [0.2, 0.25) is 11.8 Å². The number of benzene rings is 2. The molecule has 0 heterocycles. The normalized spacial score (nSPS) is 12.9. The first-order valence-electron chi connectivity index (χ1n) is 8.71. The number of amides is 2. The molecule has 2 aromatic carbocycles. The first kappa shape index (κ1) is 18.4. The van der Waals surface area contributed by atoms with Crippen LogP contribution in [0.4, 0.5) is 22.7 Å². The minimum absolute atomic E-state index is 0.0262. The van der Waals surface area contributed by atoms with Gasteiger partial charge in [0.15, 0.2) is 0 Å². The van der Waals surface area contributed by atoms with Gasteiger partial charge in [-0.15, -0.1) is 0 Å². The van der Waals surface area contributed by atoms with E-state index in [1.165, 1.54) is 6.07 Å². The molecule has 3 rings (SSSR count). The molecule has 0 aromatic heterocycles. The van der Waals surface area contributed by atoms with Gasteiger partial charge in [0.1, 0.15) is 5.69 Å². The zero-order valence-electron chi connectivity index (χ0n) is 14.6. The zero-order chi connectivity index (χ0) is 19.2. The van der Waals surface area contributed by atoms with Gasteiger partial charge in [0.25, 0.3) is 5.69 Å². The number of rotatable bonds is 8. The second kappa shape index (κ2) is 8.31. The standard InChI is InChI=1S/C19H20N4O4/c24-18(11-12-20-16-3-1-2-4-17(16)23(26)27)21-14-7-9-15(10-8-14)22-19(25)13-5-6-13/h1-4,7-10,13,20H,5-6,11-12H2,(H,21,24)(H,22,25). The van der Waals surface area contributed by atoms with Gasteiger partial charge in [-0.2, -0.15) is 0 Å². The molecular weight excluding hydrogens is 348 g/mol. The van der Waals surface area contributed by atoms with Crippen LogP contribution in [0, 0.1) is 16.0 Å². The molecule has 3 N–H and O–H groups in total. The number of para-hydroxylation sites is 2. The van der Waals surface area contributed by atoms with Crippen molar-refractivity contribution in [3.63, 3.8) is 0 Å². The Bertz CT molecular complexity index is 847. The largest absolute Gasteiger partial charge is 0.379 e. The maximum atomic E-state index is 12.0. The van der Waals surface area contributed by atoms with Gasteiger partial charge in [0.05, 0.1) is 4.92 Å². The Morgan fingerprint density at radius 3 is 2.26 bits per heavy atom. The molecule has 2 aromatic rings. The fourth-order valence-electron chi connectivity index (χ4n) is 2.54. The third-order valence-electron chi connectivity index (χ3n) is 4.15. The lowest BCUT2D eigenvalue weighted by Crippen LogP contribution is -2.17. The number of carbonyl (C=O) groups excluding carboxylic acids is 2. The highest BCUT2D eigenvalue weighted by Gasteiger charge is 2.29. The van der Waals surface area contributed by atoms with Crippen LogP contribution in [0.25, 0.3) is 0 Å². The van der Waals surface area contributed by atoms with Crippen molar-refractivity contribution in [2.45, 2.75) is 19.3 Å². The molecule has 1 fully saturated rings. The minimum atomic E-state index is -0.466. The molecule has 8 nitrogen and oxygen atoms in total. The van der Waals surface area contributed by atoms with Crippen molar-refractivity contribution in [2.75, 3.05) is 22.5 Å². The highest BCUT2D eigenvalue weighted by atomic mass is 16.6. The van der Waals surface area contributed by atoms with Crippen molar-refractivity contribution in [1.82, 2.24) is 0 Å². The monoisotopic (exact) mass is 368 g/mol. The molecule has 0 radical (unpaired) electrons. The van der Waals surface area contributed by atoms with Gasteiger partial charge in [-0.1, -0.05) is 12.1 Å². The molecule has 0 atom stereocenters. The minimum Gasteiger partial charge on any atom is -0.379 e. The Hall–Kier alpha value is -3.42. The Kier molecular flexibility index (Phi) is 5.65. The number of nitrogens with one attached hydrogen (secondary N) is 3. The summed E-state index contributed by atoms with van der Waals surface area (Å²) >= 11 is 0. The molecule has 0 spiro atoms. The lowest BCUT2D eigenvalue weighted by molar-refractivity contribution is -0.384. The number of hydrogen-bond acceptors (Lipinski definition) is 5. The average Bonchev–Trinajstić information content (AvgIpc) is 3.49. The third-order valence-corrected chi connectivity index (χ3v) is 4.15. The Morgan fingerprint density at radius 1 is 1.00 bits per heavy atom. The van der Waals surface area contributed by atoms with E-state index in [2.05, 4.69) is 16.0 Å². The Labute approximate surface area is 156 Å². The number of nitro groups is 1.